The van der Waals surface area contributed by atoms with E-state index in [2.05, 4.69) is 6.07 Å². The molecule has 1 aliphatic heterocycles. The van der Waals surface area contributed by atoms with Crippen LogP contribution in [0.4, 0.5) is 4.79 Å². The third-order valence-corrected chi connectivity index (χ3v) is 2.53. The van der Waals surface area contributed by atoms with Crippen LogP contribution in [0.25, 0.3) is 0 Å². The molecule has 1 aliphatic rings. The highest BCUT2D eigenvalue weighted by atomic mass is 16.6. The van der Waals surface area contributed by atoms with Crippen LogP contribution in [0.5, 0.6) is 0 Å². The topological polar surface area (TPSA) is 53.3 Å². The van der Waals surface area contributed by atoms with Gasteiger partial charge in [0.05, 0.1) is 6.07 Å². The lowest BCUT2D eigenvalue weighted by Crippen LogP contribution is -2.42. The first kappa shape index (κ1) is 12.8. The summed E-state index contributed by atoms with van der Waals surface area (Å²) < 4.78 is 5.30. The molecule has 0 radical (unpaired) electrons. The molecule has 0 saturated carbocycles. The molecule has 1 amide bonds. The van der Waals surface area contributed by atoms with E-state index in [0.29, 0.717) is 6.54 Å². The van der Waals surface area contributed by atoms with Crippen molar-refractivity contribution in [2.75, 3.05) is 6.54 Å². The number of rotatable bonds is 0. The number of likely N-dealkylation sites (tertiary alicyclic amines) is 1. The molecular formula is C12H20N2O2. The lowest BCUT2D eigenvalue weighted by molar-refractivity contribution is 0.0210. The molecule has 16 heavy (non-hydrogen) atoms. The molecule has 1 saturated heterocycles. The van der Waals surface area contributed by atoms with Crippen molar-refractivity contribution in [2.45, 2.75) is 58.1 Å². The highest BCUT2D eigenvalue weighted by Crippen LogP contribution is 2.19. The second-order valence-corrected chi connectivity index (χ2v) is 5.17. The van der Waals surface area contributed by atoms with E-state index in [9.17, 15) is 4.79 Å². The van der Waals surface area contributed by atoms with Gasteiger partial charge in [-0.2, -0.15) is 5.26 Å². The summed E-state index contributed by atoms with van der Waals surface area (Å²) in [5.74, 6) is 0. The Bertz CT molecular complexity index is 288. The van der Waals surface area contributed by atoms with E-state index < -0.39 is 5.60 Å². The van der Waals surface area contributed by atoms with Gasteiger partial charge in [0.2, 0.25) is 0 Å². The lowest BCUT2D eigenvalue weighted by Gasteiger charge is -2.28. The largest absolute Gasteiger partial charge is 0.444 e. The molecule has 1 rings (SSSR count). The van der Waals surface area contributed by atoms with Gasteiger partial charge in [-0.05, 0) is 33.6 Å². The fourth-order valence-electron chi connectivity index (χ4n) is 1.78. The fraction of sp³-hybridized carbons (Fsp3) is 0.833. The number of hydrogen-bond donors (Lipinski definition) is 0. The maximum atomic E-state index is 11.9. The first-order chi connectivity index (χ1) is 7.44. The molecule has 1 atom stereocenters. The van der Waals surface area contributed by atoms with Crippen molar-refractivity contribution >= 4 is 6.09 Å². The van der Waals surface area contributed by atoms with Crippen LogP contribution in [0.15, 0.2) is 0 Å². The zero-order valence-corrected chi connectivity index (χ0v) is 10.3. The van der Waals surface area contributed by atoms with Crippen molar-refractivity contribution in [3.05, 3.63) is 0 Å². The van der Waals surface area contributed by atoms with Crippen molar-refractivity contribution in [2.24, 2.45) is 0 Å². The maximum Gasteiger partial charge on any atom is 0.411 e. The molecule has 90 valence electrons. The van der Waals surface area contributed by atoms with E-state index in [4.69, 9.17) is 10.00 Å². The number of amides is 1. The summed E-state index contributed by atoms with van der Waals surface area (Å²) >= 11 is 0. The van der Waals surface area contributed by atoms with E-state index in [-0.39, 0.29) is 12.1 Å². The quantitative estimate of drug-likeness (QED) is 0.635. The fourth-order valence-corrected chi connectivity index (χ4v) is 1.78. The van der Waals surface area contributed by atoms with Gasteiger partial charge in [-0.15, -0.1) is 0 Å². The molecule has 0 aliphatic carbocycles. The smallest absolute Gasteiger partial charge is 0.411 e. The van der Waals surface area contributed by atoms with E-state index in [1.54, 1.807) is 4.90 Å². The number of ether oxygens (including phenoxy) is 1. The van der Waals surface area contributed by atoms with E-state index in [1.165, 1.54) is 0 Å². The molecule has 0 aromatic rings. The number of carbonyl (C=O) groups is 1. The Balaban J connectivity index is 2.67. The zero-order chi connectivity index (χ0) is 12.2. The number of carbonyl (C=O) groups excluding carboxylic acids is 1. The zero-order valence-electron chi connectivity index (χ0n) is 10.3. The van der Waals surface area contributed by atoms with Crippen molar-refractivity contribution in [3.8, 4) is 6.07 Å². The molecule has 0 unspecified atom stereocenters. The van der Waals surface area contributed by atoms with Crippen molar-refractivity contribution in [1.29, 1.82) is 5.26 Å². The summed E-state index contributed by atoms with van der Waals surface area (Å²) in [5.41, 5.74) is -0.497. The van der Waals surface area contributed by atoms with Crippen LogP contribution in [0.1, 0.15) is 46.5 Å². The second-order valence-electron chi connectivity index (χ2n) is 5.17. The van der Waals surface area contributed by atoms with E-state index in [1.807, 2.05) is 20.8 Å². The summed E-state index contributed by atoms with van der Waals surface area (Å²) in [4.78, 5) is 13.5. The van der Waals surface area contributed by atoms with Gasteiger partial charge in [-0.1, -0.05) is 12.8 Å². The predicted molar refractivity (Wildman–Crippen MR) is 60.8 cm³/mol. The molecule has 0 bridgehead atoms. The van der Waals surface area contributed by atoms with Crippen LogP contribution in [0.2, 0.25) is 0 Å². The molecular weight excluding hydrogens is 204 g/mol. The van der Waals surface area contributed by atoms with E-state index >= 15 is 0 Å². The Labute approximate surface area is 97.2 Å². The molecule has 0 N–H and O–H groups in total. The minimum Gasteiger partial charge on any atom is -0.444 e. The first-order valence-electron chi connectivity index (χ1n) is 5.83. The monoisotopic (exact) mass is 224 g/mol. The van der Waals surface area contributed by atoms with Crippen molar-refractivity contribution < 1.29 is 9.53 Å². The minimum atomic E-state index is -0.497. The average Bonchev–Trinajstić information content (AvgIpc) is 2.39. The molecule has 0 spiro atoms. The van der Waals surface area contributed by atoms with Gasteiger partial charge < -0.3 is 4.74 Å². The van der Waals surface area contributed by atoms with Crippen LogP contribution in [0.3, 0.4) is 0 Å². The number of nitriles is 1. The van der Waals surface area contributed by atoms with Gasteiger partial charge in [0.1, 0.15) is 11.6 Å². The first-order valence-corrected chi connectivity index (χ1v) is 5.83. The maximum absolute atomic E-state index is 11.9. The van der Waals surface area contributed by atoms with Gasteiger partial charge in [-0.3, -0.25) is 4.90 Å². The Hall–Kier alpha value is -1.24. The molecule has 4 nitrogen and oxygen atoms in total. The molecule has 1 fully saturated rings. The number of hydrogen-bond acceptors (Lipinski definition) is 3. The Morgan fingerprint density at radius 2 is 2.06 bits per heavy atom. The van der Waals surface area contributed by atoms with Crippen LogP contribution in [-0.4, -0.2) is 29.2 Å². The Morgan fingerprint density at radius 1 is 1.38 bits per heavy atom. The Kier molecular flexibility index (Phi) is 4.17. The average molecular weight is 224 g/mol. The van der Waals surface area contributed by atoms with Gasteiger partial charge in [0.15, 0.2) is 0 Å². The third kappa shape index (κ3) is 3.73. The summed E-state index contributed by atoms with van der Waals surface area (Å²) in [6, 6.07) is 1.86. The molecule has 0 aromatic heterocycles. The highest BCUT2D eigenvalue weighted by molar-refractivity contribution is 5.69. The van der Waals surface area contributed by atoms with Gasteiger partial charge in [0, 0.05) is 6.54 Å². The molecule has 4 heteroatoms. The van der Waals surface area contributed by atoms with Crippen LogP contribution < -0.4 is 0 Å². The van der Waals surface area contributed by atoms with Crippen molar-refractivity contribution in [1.82, 2.24) is 4.90 Å². The summed E-state index contributed by atoms with van der Waals surface area (Å²) in [5, 5.41) is 9.03. The normalized spacial score (nSPS) is 22.1. The summed E-state index contributed by atoms with van der Waals surface area (Å²) in [6.45, 7) is 6.14. The van der Waals surface area contributed by atoms with Crippen LogP contribution >= 0.6 is 0 Å². The number of nitrogens with zero attached hydrogens (tertiary/aromatic N) is 2. The van der Waals surface area contributed by atoms with Gasteiger partial charge >= 0.3 is 6.09 Å². The van der Waals surface area contributed by atoms with Gasteiger partial charge in [-0.25, -0.2) is 4.79 Å². The minimum absolute atomic E-state index is 0.322. The van der Waals surface area contributed by atoms with Crippen LogP contribution in [0, 0.1) is 11.3 Å². The lowest BCUT2D eigenvalue weighted by atomic mass is 10.1. The summed E-state index contributed by atoms with van der Waals surface area (Å²) in [7, 11) is 0. The van der Waals surface area contributed by atoms with Gasteiger partial charge in [0.25, 0.3) is 0 Å². The Morgan fingerprint density at radius 3 is 2.62 bits per heavy atom. The third-order valence-electron chi connectivity index (χ3n) is 2.53. The SMILES string of the molecule is CC(C)(C)OC(=O)N1CCCCC[C@@H]1C#N. The molecule has 1 heterocycles. The van der Waals surface area contributed by atoms with Crippen molar-refractivity contribution in [3.63, 3.8) is 0 Å². The highest BCUT2D eigenvalue weighted by Gasteiger charge is 2.29. The summed E-state index contributed by atoms with van der Waals surface area (Å²) in [6.07, 6.45) is 3.45. The standard InChI is InChI=1S/C12H20N2O2/c1-12(2,3)16-11(15)14-8-6-4-5-7-10(14)9-13/h10H,4-8H2,1-3H3/t10-/m1/s1. The molecule has 0 aromatic carbocycles. The predicted octanol–water partition coefficient (Wildman–Crippen LogP) is 2.69. The second kappa shape index (κ2) is 5.20. The van der Waals surface area contributed by atoms with Crippen LogP contribution in [-0.2, 0) is 4.74 Å². The van der Waals surface area contributed by atoms with E-state index in [0.717, 1.165) is 25.7 Å².